The molecule has 0 saturated carbocycles. The molecule has 3 amide bonds. The maximum atomic E-state index is 13.8. The van der Waals surface area contributed by atoms with Crippen LogP contribution in [0.1, 0.15) is 62.4 Å². The number of ether oxygens (including phenoxy) is 2. The lowest BCUT2D eigenvalue weighted by Gasteiger charge is -2.47. The first-order valence-electron chi connectivity index (χ1n) is 14.1. The highest BCUT2D eigenvalue weighted by atomic mass is 16.5. The average Bonchev–Trinajstić information content (AvgIpc) is 3.32. The second-order valence-corrected chi connectivity index (χ2v) is 11.1. The van der Waals surface area contributed by atoms with Crippen LogP contribution < -0.4 is 15.4 Å². The molecule has 40 heavy (non-hydrogen) atoms. The molecule has 0 unspecified atom stereocenters. The van der Waals surface area contributed by atoms with Crippen molar-refractivity contribution >= 4 is 28.8 Å². The first-order chi connectivity index (χ1) is 19.4. The van der Waals surface area contributed by atoms with Crippen LogP contribution in [-0.2, 0) is 27.4 Å². The number of nitrogens with zero attached hydrogens (tertiary/aromatic N) is 1. The molecule has 0 spiro atoms. The monoisotopic (exact) mass is 546 g/mol. The predicted octanol–water partition coefficient (Wildman–Crippen LogP) is 4.61. The molecule has 3 heterocycles. The SMILES string of the molecule is COc1ccc2c3c([nH]c2c1)[C@H](CC(C)C)N1C(=O)[C@H](CCCCNC(=O)OCc2ccccc2)NC(=O)[C@@H]1C3. The van der Waals surface area contributed by atoms with E-state index in [2.05, 4.69) is 29.5 Å². The van der Waals surface area contributed by atoms with Gasteiger partial charge in [-0.15, -0.1) is 0 Å². The Balaban J connectivity index is 1.21. The minimum Gasteiger partial charge on any atom is -0.497 e. The van der Waals surface area contributed by atoms with Crippen molar-refractivity contribution in [3.63, 3.8) is 0 Å². The zero-order chi connectivity index (χ0) is 28.2. The standard InChI is InChI=1S/C31H38N4O5/c1-19(2)15-26-28-23(22-13-12-21(39-3)16-25(22)33-28)17-27-29(36)34-24(30(37)35(26)27)11-7-8-14-32-31(38)40-18-20-9-5-4-6-10-20/h4-6,9-10,12-13,16,19,24,26-27,33H,7-8,11,14-15,17-18H2,1-3H3,(H,32,38)(H,34,36)/t24-,26-,27-/m0/s1. The van der Waals surface area contributed by atoms with Gasteiger partial charge >= 0.3 is 6.09 Å². The fraction of sp³-hybridized carbons (Fsp3) is 0.452. The number of hydrogen-bond donors (Lipinski definition) is 3. The summed E-state index contributed by atoms with van der Waals surface area (Å²) >= 11 is 0. The molecule has 1 fully saturated rings. The van der Waals surface area contributed by atoms with E-state index in [1.165, 1.54) is 0 Å². The number of fused-ring (bicyclic) bond motifs is 4. The van der Waals surface area contributed by atoms with Crippen LogP contribution in [0.25, 0.3) is 10.9 Å². The average molecular weight is 547 g/mol. The highest BCUT2D eigenvalue weighted by Gasteiger charge is 2.48. The maximum absolute atomic E-state index is 13.8. The van der Waals surface area contributed by atoms with E-state index in [1.807, 2.05) is 53.4 Å². The molecule has 9 nitrogen and oxygen atoms in total. The second kappa shape index (κ2) is 12.0. The van der Waals surface area contributed by atoms with Gasteiger partial charge in [0, 0.05) is 35.6 Å². The van der Waals surface area contributed by atoms with Gasteiger partial charge in [0.15, 0.2) is 0 Å². The lowest BCUT2D eigenvalue weighted by molar-refractivity contribution is -0.154. The number of carbonyl (C=O) groups excluding carboxylic acids is 3. The first kappa shape index (κ1) is 27.6. The van der Waals surface area contributed by atoms with Crippen molar-refractivity contribution in [1.82, 2.24) is 20.5 Å². The Morgan fingerprint density at radius 1 is 1.12 bits per heavy atom. The number of alkyl carbamates (subject to hydrolysis) is 1. The van der Waals surface area contributed by atoms with Crippen molar-refractivity contribution in [2.24, 2.45) is 5.92 Å². The Bertz CT molecular complexity index is 1370. The van der Waals surface area contributed by atoms with Crippen molar-refractivity contribution in [3.05, 3.63) is 65.4 Å². The molecule has 2 aliphatic heterocycles. The van der Waals surface area contributed by atoms with Gasteiger partial charge in [0.25, 0.3) is 0 Å². The number of piperazine rings is 1. The molecule has 0 bridgehead atoms. The Morgan fingerprint density at radius 2 is 1.93 bits per heavy atom. The number of aromatic nitrogens is 1. The number of unbranched alkanes of at least 4 members (excludes halogenated alkanes) is 1. The Hall–Kier alpha value is -4.01. The molecular formula is C31H38N4O5. The summed E-state index contributed by atoms with van der Waals surface area (Å²) < 4.78 is 10.7. The molecule has 3 N–H and O–H groups in total. The van der Waals surface area contributed by atoms with Crippen LogP contribution in [0, 0.1) is 5.92 Å². The van der Waals surface area contributed by atoms with Gasteiger partial charge in [-0.25, -0.2) is 4.79 Å². The molecule has 3 atom stereocenters. The summed E-state index contributed by atoms with van der Waals surface area (Å²) in [6.45, 7) is 4.93. The van der Waals surface area contributed by atoms with Crippen LogP contribution in [0.3, 0.4) is 0 Å². The largest absolute Gasteiger partial charge is 0.497 e. The molecule has 0 aliphatic carbocycles. The quantitative estimate of drug-likeness (QED) is 0.322. The van der Waals surface area contributed by atoms with Crippen LogP contribution in [0.5, 0.6) is 5.75 Å². The Labute approximate surface area is 234 Å². The molecule has 2 aliphatic rings. The summed E-state index contributed by atoms with van der Waals surface area (Å²) in [5, 5.41) is 6.82. The zero-order valence-corrected chi connectivity index (χ0v) is 23.4. The number of amides is 3. The fourth-order valence-electron chi connectivity index (χ4n) is 5.88. The number of benzene rings is 2. The van der Waals surface area contributed by atoms with Gasteiger partial charge in [0.2, 0.25) is 11.8 Å². The molecule has 9 heteroatoms. The summed E-state index contributed by atoms with van der Waals surface area (Å²) in [6.07, 6.45) is 2.64. The van der Waals surface area contributed by atoms with Gasteiger partial charge in [-0.2, -0.15) is 0 Å². The molecule has 212 valence electrons. The third-order valence-electron chi connectivity index (χ3n) is 7.82. The molecule has 5 rings (SSSR count). The Morgan fingerprint density at radius 3 is 2.67 bits per heavy atom. The van der Waals surface area contributed by atoms with Gasteiger partial charge in [-0.05, 0) is 54.9 Å². The van der Waals surface area contributed by atoms with Gasteiger partial charge < -0.3 is 30.0 Å². The van der Waals surface area contributed by atoms with Crippen molar-refractivity contribution in [3.8, 4) is 5.75 Å². The summed E-state index contributed by atoms with van der Waals surface area (Å²) in [4.78, 5) is 44.5. The van der Waals surface area contributed by atoms with Crippen molar-refractivity contribution in [1.29, 1.82) is 0 Å². The Kier molecular flexibility index (Phi) is 8.28. The zero-order valence-electron chi connectivity index (χ0n) is 23.4. The molecule has 1 aromatic heterocycles. The number of H-pyrrole nitrogens is 1. The number of carbonyl (C=O) groups is 3. The van der Waals surface area contributed by atoms with Crippen LogP contribution >= 0.6 is 0 Å². The van der Waals surface area contributed by atoms with Crippen LogP contribution in [-0.4, -0.2) is 53.5 Å². The van der Waals surface area contributed by atoms with Gasteiger partial charge in [-0.1, -0.05) is 44.2 Å². The molecule has 0 radical (unpaired) electrons. The van der Waals surface area contributed by atoms with E-state index < -0.39 is 18.2 Å². The minimum absolute atomic E-state index is 0.0348. The number of hydrogen-bond acceptors (Lipinski definition) is 5. The van der Waals surface area contributed by atoms with Crippen LogP contribution in [0.2, 0.25) is 0 Å². The normalized spacial score (nSPS) is 20.2. The van der Waals surface area contributed by atoms with Crippen LogP contribution in [0.15, 0.2) is 48.5 Å². The van der Waals surface area contributed by atoms with E-state index in [4.69, 9.17) is 9.47 Å². The lowest BCUT2D eigenvalue weighted by Crippen LogP contribution is -2.65. The van der Waals surface area contributed by atoms with E-state index in [-0.39, 0.29) is 24.5 Å². The van der Waals surface area contributed by atoms with E-state index in [0.29, 0.717) is 38.1 Å². The van der Waals surface area contributed by atoms with Crippen molar-refractivity contribution < 1.29 is 23.9 Å². The highest BCUT2D eigenvalue weighted by molar-refractivity contribution is 5.99. The topological polar surface area (TPSA) is 113 Å². The minimum atomic E-state index is -0.575. The van der Waals surface area contributed by atoms with E-state index >= 15 is 0 Å². The number of aromatic amines is 1. The number of rotatable bonds is 10. The number of nitrogens with one attached hydrogen (secondary N) is 3. The number of methoxy groups -OCH3 is 1. The first-order valence-corrected chi connectivity index (χ1v) is 14.1. The fourth-order valence-corrected chi connectivity index (χ4v) is 5.88. The smallest absolute Gasteiger partial charge is 0.407 e. The lowest BCUT2D eigenvalue weighted by atomic mass is 9.85. The second-order valence-electron chi connectivity index (χ2n) is 11.1. The highest BCUT2D eigenvalue weighted by Crippen LogP contribution is 2.42. The molecule has 1 saturated heterocycles. The third-order valence-corrected chi connectivity index (χ3v) is 7.82. The van der Waals surface area contributed by atoms with Crippen molar-refractivity contribution in [2.45, 2.75) is 70.7 Å². The molecular weight excluding hydrogens is 508 g/mol. The van der Waals surface area contributed by atoms with Gasteiger partial charge in [0.05, 0.1) is 13.2 Å². The molecule has 3 aromatic rings. The third kappa shape index (κ3) is 5.78. The molecule has 2 aromatic carbocycles. The van der Waals surface area contributed by atoms with Crippen molar-refractivity contribution in [2.75, 3.05) is 13.7 Å². The van der Waals surface area contributed by atoms with Crippen LogP contribution in [0.4, 0.5) is 4.79 Å². The van der Waals surface area contributed by atoms with E-state index in [0.717, 1.165) is 39.9 Å². The maximum Gasteiger partial charge on any atom is 0.407 e. The van der Waals surface area contributed by atoms with Gasteiger partial charge in [0.1, 0.15) is 24.4 Å². The summed E-state index contributed by atoms with van der Waals surface area (Å²) in [6, 6.07) is 14.1. The van der Waals surface area contributed by atoms with Gasteiger partial charge in [-0.3, -0.25) is 9.59 Å². The summed E-state index contributed by atoms with van der Waals surface area (Å²) in [5.74, 6) is 0.959. The summed E-state index contributed by atoms with van der Waals surface area (Å²) in [5.41, 5.74) is 4.01. The summed E-state index contributed by atoms with van der Waals surface area (Å²) in [7, 11) is 1.64. The van der Waals surface area contributed by atoms with E-state index in [1.54, 1.807) is 7.11 Å². The van der Waals surface area contributed by atoms with E-state index in [9.17, 15) is 14.4 Å². The predicted molar refractivity (Wildman–Crippen MR) is 152 cm³/mol.